The Labute approximate surface area is 106 Å². The molecule has 1 aromatic carbocycles. The Morgan fingerprint density at radius 1 is 1.59 bits per heavy atom. The average Bonchev–Trinajstić information content (AvgIpc) is 2.26. The second kappa shape index (κ2) is 6.47. The van der Waals surface area contributed by atoms with Crippen molar-refractivity contribution in [2.45, 2.75) is 25.9 Å². The van der Waals surface area contributed by atoms with Gasteiger partial charge in [0.2, 0.25) is 0 Å². The zero-order chi connectivity index (χ0) is 12.8. The minimum atomic E-state index is -0.516. The molecule has 0 aromatic heterocycles. The summed E-state index contributed by atoms with van der Waals surface area (Å²) in [7, 11) is 0. The number of hydrogen-bond donors (Lipinski definition) is 3. The van der Waals surface area contributed by atoms with Crippen LogP contribution in [0.15, 0.2) is 18.2 Å². The highest BCUT2D eigenvalue weighted by atomic mass is 35.5. The summed E-state index contributed by atoms with van der Waals surface area (Å²) >= 11 is 5.74. The lowest BCUT2D eigenvalue weighted by Gasteiger charge is -2.11. The zero-order valence-corrected chi connectivity index (χ0v) is 10.5. The van der Waals surface area contributed by atoms with Gasteiger partial charge in [-0.25, -0.2) is 0 Å². The summed E-state index contributed by atoms with van der Waals surface area (Å²) in [6.07, 6.45) is 1.02. The van der Waals surface area contributed by atoms with E-state index >= 15 is 0 Å². The maximum Gasteiger partial charge on any atom is 0.253 e. The Bertz CT molecular complexity index is 396. The van der Waals surface area contributed by atoms with E-state index in [1.807, 2.05) is 6.92 Å². The van der Waals surface area contributed by atoms with Crippen LogP contribution in [0.25, 0.3) is 0 Å². The van der Waals surface area contributed by atoms with Crippen molar-refractivity contribution in [2.75, 3.05) is 12.3 Å². The number of amides is 1. The summed E-state index contributed by atoms with van der Waals surface area (Å²) in [5, 5.41) is 12.6. The Balaban J connectivity index is 2.58. The number of nitrogens with two attached hydrogens (primary N) is 1. The molecule has 17 heavy (non-hydrogen) atoms. The lowest BCUT2D eigenvalue weighted by molar-refractivity contribution is 0.0911. The molecule has 0 aliphatic carbocycles. The van der Waals surface area contributed by atoms with E-state index in [0.29, 0.717) is 22.7 Å². The van der Waals surface area contributed by atoms with Crippen LogP contribution in [0, 0.1) is 0 Å². The minimum absolute atomic E-state index is 0.231. The van der Waals surface area contributed by atoms with Crippen molar-refractivity contribution in [1.82, 2.24) is 5.32 Å². The summed E-state index contributed by atoms with van der Waals surface area (Å²) in [5.74, 6) is -0.297. The number of rotatable bonds is 5. The number of anilines is 1. The van der Waals surface area contributed by atoms with Crippen molar-refractivity contribution in [3.8, 4) is 0 Å². The van der Waals surface area contributed by atoms with Crippen LogP contribution in [-0.4, -0.2) is 23.7 Å². The van der Waals surface area contributed by atoms with Crippen LogP contribution >= 0.6 is 11.6 Å². The molecule has 1 aromatic rings. The second-order valence-electron chi connectivity index (χ2n) is 3.88. The molecule has 94 valence electrons. The van der Waals surface area contributed by atoms with Crippen molar-refractivity contribution >= 4 is 23.2 Å². The van der Waals surface area contributed by atoms with E-state index in [4.69, 9.17) is 17.3 Å². The Kier molecular flexibility index (Phi) is 5.25. The van der Waals surface area contributed by atoms with Crippen LogP contribution in [0.2, 0.25) is 5.02 Å². The van der Waals surface area contributed by atoms with Gasteiger partial charge >= 0.3 is 0 Å². The van der Waals surface area contributed by atoms with E-state index < -0.39 is 6.10 Å². The number of aliphatic hydroxyl groups is 1. The lowest BCUT2D eigenvalue weighted by Crippen LogP contribution is -2.32. The quantitative estimate of drug-likeness (QED) is 0.704. The van der Waals surface area contributed by atoms with E-state index in [0.717, 1.165) is 6.42 Å². The van der Waals surface area contributed by atoms with Crippen LogP contribution in [0.5, 0.6) is 0 Å². The molecule has 0 aliphatic rings. The smallest absolute Gasteiger partial charge is 0.253 e. The minimum Gasteiger partial charge on any atom is -0.398 e. The molecule has 1 atom stereocenters. The fourth-order valence-electron chi connectivity index (χ4n) is 1.48. The summed E-state index contributed by atoms with van der Waals surface area (Å²) in [4.78, 5) is 11.7. The van der Waals surface area contributed by atoms with Gasteiger partial charge in [-0.2, -0.15) is 0 Å². The van der Waals surface area contributed by atoms with E-state index in [1.54, 1.807) is 12.1 Å². The van der Waals surface area contributed by atoms with Gasteiger partial charge in [0.05, 0.1) is 11.7 Å². The molecule has 5 heteroatoms. The number of hydrogen-bond acceptors (Lipinski definition) is 3. The molecule has 0 saturated heterocycles. The SMILES string of the molecule is CCCC(O)CNC(=O)c1ccc(Cl)cc1N. The molecule has 1 amide bonds. The molecular formula is C12H17ClN2O2. The number of nitrogens with one attached hydrogen (secondary N) is 1. The van der Waals surface area contributed by atoms with E-state index in [2.05, 4.69) is 5.32 Å². The fourth-order valence-corrected chi connectivity index (χ4v) is 1.66. The monoisotopic (exact) mass is 256 g/mol. The summed E-state index contributed by atoms with van der Waals surface area (Å²) in [5.41, 5.74) is 6.39. The first-order valence-corrected chi connectivity index (χ1v) is 5.93. The Morgan fingerprint density at radius 2 is 2.29 bits per heavy atom. The first-order chi connectivity index (χ1) is 8.04. The molecule has 1 unspecified atom stereocenters. The standard InChI is InChI=1S/C12H17ClN2O2/c1-2-3-9(16)7-15-12(17)10-5-4-8(13)6-11(10)14/h4-6,9,16H,2-3,7,14H2,1H3,(H,15,17). The first kappa shape index (κ1) is 13.8. The van der Waals surface area contributed by atoms with Crippen LogP contribution in [0.3, 0.4) is 0 Å². The summed E-state index contributed by atoms with van der Waals surface area (Å²) in [6, 6.07) is 4.70. The predicted molar refractivity (Wildman–Crippen MR) is 69.1 cm³/mol. The van der Waals surface area contributed by atoms with Crippen molar-refractivity contribution in [1.29, 1.82) is 0 Å². The maximum atomic E-state index is 11.7. The second-order valence-corrected chi connectivity index (χ2v) is 4.32. The first-order valence-electron chi connectivity index (χ1n) is 5.56. The largest absolute Gasteiger partial charge is 0.398 e. The highest BCUT2D eigenvalue weighted by molar-refractivity contribution is 6.31. The van der Waals surface area contributed by atoms with Gasteiger partial charge in [-0.05, 0) is 24.6 Å². The average molecular weight is 257 g/mol. The maximum absolute atomic E-state index is 11.7. The molecule has 0 spiro atoms. The molecule has 0 aliphatic heterocycles. The number of carbonyl (C=O) groups is 1. The topological polar surface area (TPSA) is 75.3 Å². The van der Waals surface area contributed by atoms with Crippen LogP contribution in [-0.2, 0) is 0 Å². The van der Waals surface area contributed by atoms with E-state index in [-0.39, 0.29) is 12.5 Å². The van der Waals surface area contributed by atoms with Crippen LogP contribution in [0.4, 0.5) is 5.69 Å². The fraction of sp³-hybridized carbons (Fsp3) is 0.417. The van der Waals surface area contributed by atoms with E-state index in [1.165, 1.54) is 6.07 Å². The normalized spacial score (nSPS) is 12.2. The Morgan fingerprint density at radius 3 is 2.88 bits per heavy atom. The zero-order valence-electron chi connectivity index (χ0n) is 9.74. The molecule has 1 rings (SSSR count). The molecule has 0 heterocycles. The van der Waals surface area contributed by atoms with Gasteiger partial charge in [0.15, 0.2) is 0 Å². The number of halogens is 1. The number of aliphatic hydroxyl groups excluding tert-OH is 1. The van der Waals surface area contributed by atoms with Gasteiger partial charge in [-0.1, -0.05) is 24.9 Å². The third kappa shape index (κ3) is 4.24. The number of carbonyl (C=O) groups excluding carboxylic acids is 1. The molecule has 4 nitrogen and oxygen atoms in total. The third-order valence-corrected chi connectivity index (χ3v) is 2.61. The molecule has 4 N–H and O–H groups in total. The van der Waals surface area contributed by atoms with Crippen molar-refractivity contribution in [2.24, 2.45) is 0 Å². The third-order valence-electron chi connectivity index (χ3n) is 2.38. The Hall–Kier alpha value is -1.26. The van der Waals surface area contributed by atoms with Crippen LogP contribution < -0.4 is 11.1 Å². The van der Waals surface area contributed by atoms with Gasteiger partial charge in [0, 0.05) is 17.3 Å². The van der Waals surface area contributed by atoms with Gasteiger partial charge in [0.1, 0.15) is 0 Å². The van der Waals surface area contributed by atoms with E-state index in [9.17, 15) is 9.90 Å². The van der Waals surface area contributed by atoms with Gasteiger partial charge in [-0.15, -0.1) is 0 Å². The summed E-state index contributed by atoms with van der Waals surface area (Å²) < 4.78 is 0. The lowest BCUT2D eigenvalue weighted by atomic mass is 10.1. The van der Waals surface area contributed by atoms with Crippen LogP contribution in [0.1, 0.15) is 30.1 Å². The number of nitrogen functional groups attached to an aromatic ring is 1. The summed E-state index contributed by atoms with van der Waals surface area (Å²) in [6.45, 7) is 2.21. The molecule has 0 saturated carbocycles. The highest BCUT2D eigenvalue weighted by Crippen LogP contribution is 2.17. The molecule has 0 bridgehead atoms. The molecule has 0 radical (unpaired) electrons. The van der Waals surface area contributed by atoms with Crippen molar-refractivity contribution < 1.29 is 9.90 Å². The van der Waals surface area contributed by atoms with Gasteiger partial charge < -0.3 is 16.2 Å². The van der Waals surface area contributed by atoms with Gasteiger partial charge in [0.25, 0.3) is 5.91 Å². The molecule has 0 fully saturated rings. The number of benzene rings is 1. The van der Waals surface area contributed by atoms with Crippen molar-refractivity contribution in [3.63, 3.8) is 0 Å². The van der Waals surface area contributed by atoms with Crippen molar-refractivity contribution in [3.05, 3.63) is 28.8 Å². The molecular weight excluding hydrogens is 240 g/mol. The predicted octanol–water partition coefficient (Wildman–Crippen LogP) is 1.81. The van der Waals surface area contributed by atoms with Gasteiger partial charge in [-0.3, -0.25) is 4.79 Å². The highest BCUT2D eigenvalue weighted by Gasteiger charge is 2.11.